The molecule has 0 saturated carbocycles. The molecule has 1 aliphatic rings. The number of hydrogen-bond acceptors (Lipinski definition) is 4. The Bertz CT molecular complexity index is 893. The monoisotopic (exact) mass is 399 g/mol. The van der Waals surface area contributed by atoms with Crippen LogP contribution >= 0.6 is 11.3 Å². The van der Waals surface area contributed by atoms with E-state index in [1.807, 2.05) is 4.98 Å². The van der Waals surface area contributed by atoms with Gasteiger partial charge in [-0.05, 0) is 36.8 Å². The largest absolute Gasteiger partial charge is 0.417 e. The average Bonchev–Trinajstić information content (AvgIpc) is 3.16. The second kappa shape index (κ2) is 7.55. The van der Waals surface area contributed by atoms with Crippen molar-refractivity contribution in [3.05, 3.63) is 50.6 Å². The molecule has 10 heteroatoms. The Morgan fingerprint density at radius 1 is 1.30 bits per heavy atom. The normalized spacial score (nSPS) is 17.6. The molecule has 0 aromatic carbocycles. The highest BCUT2D eigenvalue weighted by Gasteiger charge is 2.35. The number of alkyl halides is 3. The van der Waals surface area contributed by atoms with Crippen LogP contribution in [-0.4, -0.2) is 34.3 Å². The molecule has 3 heterocycles. The minimum Gasteiger partial charge on any atom is -0.327 e. The van der Waals surface area contributed by atoms with Crippen LogP contribution in [0, 0.1) is 0 Å². The van der Waals surface area contributed by atoms with Crippen LogP contribution < -0.4 is 10.9 Å². The van der Waals surface area contributed by atoms with Crippen molar-refractivity contribution in [2.75, 3.05) is 11.9 Å². The van der Waals surface area contributed by atoms with E-state index in [-0.39, 0.29) is 5.91 Å². The number of halogens is 3. The number of aromatic nitrogens is 1. The van der Waals surface area contributed by atoms with Crippen molar-refractivity contribution < 1.29 is 22.8 Å². The SMILES string of the molecule is O=C(Nc1cc(C(F)(F)F)c[nH]c1=O)C1CCCCN1C(=O)c1cccs1. The summed E-state index contributed by atoms with van der Waals surface area (Å²) in [5, 5.41) is 3.99. The van der Waals surface area contributed by atoms with Crippen molar-refractivity contribution in [2.24, 2.45) is 0 Å². The number of nitrogens with zero attached hydrogens (tertiary/aromatic N) is 1. The summed E-state index contributed by atoms with van der Waals surface area (Å²) in [4.78, 5) is 40.9. The number of thiophene rings is 1. The number of pyridine rings is 1. The van der Waals surface area contributed by atoms with Gasteiger partial charge in [0.25, 0.3) is 11.5 Å². The average molecular weight is 399 g/mol. The maximum absolute atomic E-state index is 12.8. The maximum Gasteiger partial charge on any atom is 0.417 e. The fourth-order valence-corrected chi connectivity index (χ4v) is 3.62. The molecular formula is C17H16F3N3O3S. The fraction of sp³-hybridized carbons (Fsp3) is 0.353. The third-order valence-corrected chi connectivity index (χ3v) is 5.14. The lowest BCUT2D eigenvalue weighted by Gasteiger charge is -2.34. The van der Waals surface area contributed by atoms with Gasteiger partial charge in [-0.2, -0.15) is 13.2 Å². The Morgan fingerprint density at radius 2 is 2.07 bits per heavy atom. The van der Waals surface area contributed by atoms with Crippen LogP contribution in [-0.2, 0) is 11.0 Å². The molecule has 6 nitrogen and oxygen atoms in total. The topological polar surface area (TPSA) is 82.3 Å². The Morgan fingerprint density at radius 3 is 2.74 bits per heavy atom. The molecule has 1 aliphatic heterocycles. The van der Waals surface area contributed by atoms with E-state index in [0.29, 0.717) is 36.5 Å². The lowest BCUT2D eigenvalue weighted by molar-refractivity contribution is -0.137. The first-order chi connectivity index (χ1) is 12.8. The van der Waals surface area contributed by atoms with Crippen LogP contribution in [0.3, 0.4) is 0 Å². The smallest absolute Gasteiger partial charge is 0.327 e. The molecular weight excluding hydrogens is 383 g/mol. The maximum atomic E-state index is 12.8. The molecule has 0 radical (unpaired) electrons. The van der Waals surface area contributed by atoms with E-state index in [1.165, 1.54) is 16.2 Å². The number of H-pyrrole nitrogens is 1. The van der Waals surface area contributed by atoms with Gasteiger partial charge in [-0.25, -0.2) is 0 Å². The quantitative estimate of drug-likeness (QED) is 0.832. The molecule has 1 saturated heterocycles. The minimum absolute atomic E-state index is 0.303. The highest BCUT2D eigenvalue weighted by molar-refractivity contribution is 7.12. The van der Waals surface area contributed by atoms with Crippen LogP contribution in [0.1, 0.15) is 34.5 Å². The molecule has 3 rings (SSSR count). The van der Waals surface area contributed by atoms with E-state index in [9.17, 15) is 27.6 Å². The zero-order chi connectivity index (χ0) is 19.6. The van der Waals surface area contributed by atoms with Gasteiger partial charge in [-0.1, -0.05) is 6.07 Å². The van der Waals surface area contributed by atoms with Crippen molar-refractivity contribution in [1.82, 2.24) is 9.88 Å². The van der Waals surface area contributed by atoms with Gasteiger partial charge in [0.1, 0.15) is 11.7 Å². The third kappa shape index (κ3) is 4.21. The molecule has 2 aromatic rings. The van der Waals surface area contributed by atoms with Crippen molar-refractivity contribution in [2.45, 2.75) is 31.5 Å². The van der Waals surface area contributed by atoms with Crippen LogP contribution in [0.5, 0.6) is 0 Å². The van der Waals surface area contributed by atoms with Gasteiger partial charge in [0.2, 0.25) is 5.91 Å². The number of piperidine rings is 1. The summed E-state index contributed by atoms with van der Waals surface area (Å²) in [6.07, 6.45) is -2.31. The van der Waals surface area contributed by atoms with E-state index in [0.717, 1.165) is 6.42 Å². The van der Waals surface area contributed by atoms with Gasteiger partial charge in [0.05, 0.1) is 10.4 Å². The van der Waals surface area contributed by atoms with Gasteiger partial charge in [0, 0.05) is 12.7 Å². The summed E-state index contributed by atoms with van der Waals surface area (Å²) < 4.78 is 38.5. The van der Waals surface area contributed by atoms with Gasteiger partial charge in [-0.15, -0.1) is 11.3 Å². The number of amides is 2. The highest BCUT2D eigenvalue weighted by atomic mass is 32.1. The summed E-state index contributed by atoms with van der Waals surface area (Å²) in [5.41, 5.74) is -2.42. The molecule has 2 aromatic heterocycles. The standard InChI is InChI=1S/C17H16F3N3O3S/c18-17(19,20)10-8-11(14(24)21-9-10)22-15(25)12-4-1-2-6-23(12)16(26)13-5-3-7-27-13/h3,5,7-9,12H,1-2,4,6H2,(H,21,24)(H,22,25). The molecule has 2 amide bonds. The fourth-order valence-electron chi connectivity index (χ4n) is 2.95. The first-order valence-corrected chi connectivity index (χ1v) is 9.10. The van der Waals surface area contributed by atoms with Gasteiger partial charge in [0.15, 0.2) is 0 Å². The number of nitrogens with one attached hydrogen (secondary N) is 2. The second-order valence-electron chi connectivity index (χ2n) is 6.11. The number of rotatable bonds is 3. The summed E-state index contributed by atoms with van der Waals surface area (Å²) >= 11 is 1.25. The van der Waals surface area contributed by atoms with Crippen molar-refractivity contribution in [3.63, 3.8) is 0 Å². The summed E-state index contributed by atoms with van der Waals surface area (Å²) in [6.45, 7) is 0.369. The van der Waals surface area contributed by atoms with Crippen molar-refractivity contribution >= 4 is 28.8 Å². The van der Waals surface area contributed by atoms with E-state index < -0.39 is 34.9 Å². The molecule has 144 valence electrons. The molecule has 0 bridgehead atoms. The minimum atomic E-state index is -4.66. The van der Waals surface area contributed by atoms with Gasteiger partial charge in [-0.3, -0.25) is 14.4 Å². The molecule has 2 N–H and O–H groups in total. The third-order valence-electron chi connectivity index (χ3n) is 4.29. The van der Waals surface area contributed by atoms with Gasteiger partial charge < -0.3 is 15.2 Å². The van der Waals surface area contributed by atoms with Gasteiger partial charge >= 0.3 is 6.18 Å². The zero-order valence-electron chi connectivity index (χ0n) is 14.0. The number of hydrogen-bond donors (Lipinski definition) is 2. The number of carbonyl (C=O) groups is 2. The highest BCUT2D eigenvalue weighted by Crippen LogP contribution is 2.29. The zero-order valence-corrected chi connectivity index (χ0v) is 14.8. The van der Waals surface area contributed by atoms with Crippen molar-refractivity contribution in [1.29, 1.82) is 0 Å². The van der Waals surface area contributed by atoms with Crippen LogP contribution in [0.2, 0.25) is 0 Å². The Balaban J connectivity index is 1.82. The summed E-state index contributed by atoms with van der Waals surface area (Å²) in [7, 11) is 0. The predicted molar refractivity (Wildman–Crippen MR) is 93.7 cm³/mol. The van der Waals surface area contributed by atoms with E-state index in [1.54, 1.807) is 17.5 Å². The molecule has 1 fully saturated rings. The van der Waals surface area contributed by atoms with Crippen LogP contribution in [0.15, 0.2) is 34.6 Å². The lowest BCUT2D eigenvalue weighted by Crippen LogP contribution is -2.50. The van der Waals surface area contributed by atoms with E-state index in [4.69, 9.17) is 0 Å². The number of likely N-dealkylation sites (tertiary alicyclic amines) is 1. The summed E-state index contributed by atoms with van der Waals surface area (Å²) in [5.74, 6) is -0.979. The number of anilines is 1. The van der Waals surface area contributed by atoms with E-state index >= 15 is 0 Å². The van der Waals surface area contributed by atoms with Crippen LogP contribution in [0.4, 0.5) is 18.9 Å². The van der Waals surface area contributed by atoms with Crippen LogP contribution in [0.25, 0.3) is 0 Å². The molecule has 1 atom stereocenters. The molecule has 27 heavy (non-hydrogen) atoms. The molecule has 0 spiro atoms. The molecule has 0 aliphatic carbocycles. The number of carbonyl (C=O) groups excluding carboxylic acids is 2. The van der Waals surface area contributed by atoms with Crippen molar-refractivity contribution in [3.8, 4) is 0 Å². The first-order valence-electron chi connectivity index (χ1n) is 8.22. The Labute approximate surface area is 156 Å². The second-order valence-corrected chi connectivity index (χ2v) is 7.05. The number of aromatic amines is 1. The molecule has 1 unspecified atom stereocenters. The predicted octanol–water partition coefficient (Wildman–Crippen LogP) is 3.09. The Kier molecular flexibility index (Phi) is 5.36. The first kappa shape index (κ1) is 19.2. The lowest BCUT2D eigenvalue weighted by atomic mass is 10.0. The van der Waals surface area contributed by atoms with E-state index in [2.05, 4.69) is 5.32 Å². The Hall–Kier alpha value is -2.62. The summed E-state index contributed by atoms with van der Waals surface area (Å²) in [6, 6.07) is 3.11.